The van der Waals surface area contributed by atoms with E-state index in [4.69, 9.17) is 5.73 Å². The summed E-state index contributed by atoms with van der Waals surface area (Å²) in [5, 5.41) is 12.7. The molecule has 2 aromatic rings. The van der Waals surface area contributed by atoms with Crippen molar-refractivity contribution in [3.63, 3.8) is 0 Å². The number of nitrogens with zero attached hydrogens (tertiary/aromatic N) is 1. The number of hydrogen-bond acceptors (Lipinski definition) is 4. The molecule has 0 aliphatic carbocycles. The summed E-state index contributed by atoms with van der Waals surface area (Å²) in [7, 11) is 0. The number of fused-ring (bicyclic) bond motifs is 1. The molecule has 4 N–H and O–H groups in total. The lowest BCUT2D eigenvalue weighted by atomic mass is 10.0. The summed E-state index contributed by atoms with van der Waals surface area (Å²) >= 11 is 0. The molecular weight excluding hydrogens is 258 g/mol. The molecule has 1 heterocycles. The molecule has 1 aromatic heterocycles. The van der Waals surface area contributed by atoms with E-state index < -0.39 is 17.4 Å². The van der Waals surface area contributed by atoms with Crippen LogP contribution in [0.5, 0.6) is 0 Å². The third-order valence-corrected chi connectivity index (χ3v) is 3.01. The third-order valence-electron chi connectivity index (χ3n) is 3.01. The van der Waals surface area contributed by atoms with E-state index in [0.717, 1.165) is 0 Å². The summed E-state index contributed by atoms with van der Waals surface area (Å²) in [6.45, 7) is 3.02. The van der Waals surface area contributed by atoms with Crippen molar-refractivity contribution in [1.29, 1.82) is 0 Å². The average Bonchev–Trinajstić information content (AvgIpc) is 2.38. The van der Waals surface area contributed by atoms with Gasteiger partial charge < -0.3 is 16.2 Å². The van der Waals surface area contributed by atoms with Crippen LogP contribution in [0, 0.1) is 0 Å². The van der Waals surface area contributed by atoms with Crippen LogP contribution >= 0.6 is 0 Å². The Balaban J connectivity index is 2.67. The minimum atomic E-state index is -1.24. The number of nitrogens with one attached hydrogen (secondary N) is 1. The van der Waals surface area contributed by atoms with Gasteiger partial charge in [0.25, 0.3) is 5.91 Å². The first kappa shape index (κ1) is 13.8. The number of benzene rings is 1. The minimum Gasteiger partial charge on any atom is -0.480 e. The van der Waals surface area contributed by atoms with Gasteiger partial charge in [-0.2, -0.15) is 0 Å². The third kappa shape index (κ3) is 2.40. The second-order valence-corrected chi connectivity index (χ2v) is 4.98. The van der Waals surface area contributed by atoms with Gasteiger partial charge in [0.05, 0.1) is 16.8 Å². The Kier molecular flexibility index (Phi) is 3.31. The molecule has 1 aromatic carbocycles. The molecule has 1 amide bonds. The second kappa shape index (κ2) is 4.80. The predicted molar refractivity (Wildman–Crippen MR) is 75.6 cm³/mol. The van der Waals surface area contributed by atoms with Crippen molar-refractivity contribution >= 4 is 28.5 Å². The Morgan fingerprint density at radius 1 is 1.30 bits per heavy atom. The van der Waals surface area contributed by atoms with Crippen molar-refractivity contribution in [1.82, 2.24) is 4.98 Å². The predicted octanol–water partition coefficient (Wildman–Crippen LogP) is 1.61. The minimum absolute atomic E-state index is 0.165. The highest BCUT2D eigenvalue weighted by molar-refractivity contribution is 6.07. The first-order valence-electron chi connectivity index (χ1n) is 6.02. The lowest BCUT2D eigenvalue weighted by Gasteiger charge is -2.24. The molecule has 0 fully saturated rings. The lowest BCUT2D eigenvalue weighted by molar-refractivity contribution is -0.141. The van der Waals surface area contributed by atoms with Crippen LogP contribution in [0.15, 0.2) is 30.5 Å². The zero-order chi connectivity index (χ0) is 14.9. The van der Waals surface area contributed by atoms with Crippen molar-refractivity contribution in [2.24, 2.45) is 5.73 Å². The number of amides is 1. The zero-order valence-corrected chi connectivity index (χ0v) is 11.2. The summed E-state index contributed by atoms with van der Waals surface area (Å²) in [5.74, 6) is -1.69. The number of primary amides is 1. The van der Waals surface area contributed by atoms with Crippen LogP contribution in [0.1, 0.15) is 24.2 Å². The molecular formula is C14H15N3O3. The molecule has 6 nitrogen and oxygen atoms in total. The van der Waals surface area contributed by atoms with E-state index in [1.807, 2.05) is 6.07 Å². The standard InChI is InChI=1S/C14H15N3O3/c1-14(2,13(19)20)17-11-8-5-3-4-6-10(8)16-7-9(11)12(15)18/h3-7H,1-2H3,(H2,15,18)(H,16,17)(H,19,20). The molecule has 0 aliphatic heterocycles. The van der Waals surface area contributed by atoms with E-state index in [9.17, 15) is 14.7 Å². The molecule has 0 unspecified atom stereocenters. The van der Waals surface area contributed by atoms with Crippen LogP contribution in [0.3, 0.4) is 0 Å². The normalized spacial score (nSPS) is 11.3. The highest BCUT2D eigenvalue weighted by atomic mass is 16.4. The fourth-order valence-electron chi connectivity index (χ4n) is 1.83. The Labute approximate surface area is 115 Å². The van der Waals surface area contributed by atoms with Crippen LogP contribution in [0.2, 0.25) is 0 Å². The molecule has 104 valence electrons. The maximum Gasteiger partial charge on any atom is 0.328 e. The zero-order valence-electron chi connectivity index (χ0n) is 11.2. The number of nitrogens with two attached hydrogens (primary N) is 1. The fraction of sp³-hybridized carbons (Fsp3) is 0.214. The Hall–Kier alpha value is -2.63. The molecule has 0 radical (unpaired) electrons. The number of anilines is 1. The van der Waals surface area contributed by atoms with Gasteiger partial charge in [-0.25, -0.2) is 4.79 Å². The number of aliphatic carboxylic acids is 1. The quantitative estimate of drug-likeness (QED) is 0.784. The Morgan fingerprint density at radius 2 is 1.95 bits per heavy atom. The highest BCUT2D eigenvalue weighted by Gasteiger charge is 2.29. The van der Waals surface area contributed by atoms with Crippen LogP contribution in [0.25, 0.3) is 10.9 Å². The maximum atomic E-state index is 11.5. The summed E-state index contributed by atoms with van der Waals surface area (Å²) in [4.78, 5) is 26.9. The van der Waals surface area contributed by atoms with Gasteiger partial charge in [-0.3, -0.25) is 9.78 Å². The van der Waals surface area contributed by atoms with Gasteiger partial charge in [-0.05, 0) is 19.9 Å². The van der Waals surface area contributed by atoms with Gasteiger partial charge in [0.1, 0.15) is 5.54 Å². The van der Waals surface area contributed by atoms with E-state index in [0.29, 0.717) is 16.6 Å². The number of hydrogen-bond donors (Lipinski definition) is 3. The number of carboxylic acid groups (broad SMARTS) is 1. The first-order valence-corrected chi connectivity index (χ1v) is 6.02. The number of pyridine rings is 1. The average molecular weight is 273 g/mol. The van der Waals surface area contributed by atoms with E-state index in [-0.39, 0.29) is 5.56 Å². The van der Waals surface area contributed by atoms with Gasteiger partial charge in [-0.1, -0.05) is 18.2 Å². The van der Waals surface area contributed by atoms with Crippen molar-refractivity contribution in [2.75, 3.05) is 5.32 Å². The molecule has 0 spiro atoms. The van der Waals surface area contributed by atoms with Crippen LogP contribution in [-0.2, 0) is 4.79 Å². The summed E-state index contributed by atoms with van der Waals surface area (Å²) in [5.41, 5.74) is 5.30. The van der Waals surface area contributed by atoms with E-state index in [1.165, 1.54) is 20.0 Å². The van der Waals surface area contributed by atoms with Crippen molar-refractivity contribution in [3.05, 3.63) is 36.0 Å². The number of para-hydroxylation sites is 1. The highest BCUT2D eigenvalue weighted by Crippen LogP contribution is 2.28. The fourth-order valence-corrected chi connectivity index (χ4v) is 1.83. The van der Waals surface area contributed by atoms with Gasteiger partial charge in [0.15, 0.2) is 0 Å². The van der Waals surface area contributed by atoms with Crippen LogP contribution in [-0.4, -0.2) is 27.5 Å². The SMILES string of the molecule is CC(C)(Nc1c(C(N)=O)cnc2ccccc12)C(=O)O. The van der Waals surface area contributed by atoms with Gasteiger partial charge >= 0.3 is 5.97 Å². The topological polar surface area (TPSA) is 105 Å². The smallest absolute Gasteiger partial charge is 0.328 e. The molecule has 0 bridgehead atoms. The van der Waals surface area contributed by atoms with Crippen molar-refractivity contribution in [3.8, 4) is 0 Å². The van der Waals surface area contributed by atoms with Gasteiger partial charge in [-0.15, -0.1) is 0 Å². The number of carboxylic acids is 1. The Morgan fingerprint density at radius 3 is 2.55 bits per heavy atom. The number of aromatic nitrogens is 1. The summed E-state index contributed by atoms with van der Waals surface area (Å²) < 4.78 is 0. The Bertz CT molecular complexity index is 695. The van der Waals surface area contributed by atoms with Crippen molar-refractivity contribution < 1.29 is 14.7 Å². The van der Waals surface area contributed by atoms with E-state index >= 15 is 0 Å². The number of rotatable bonds is 4. The number of carbonyl (C=O) groups is 2. The lowest BCUT2D eigenvalue weighted by Crippen LogP contribution is -2.40. The summed E-state index contributed by atoms with van der Waals surface area (Å²) in [6, 6.07) is 7.13. The molecule has 2 rings (SSSR count). The monoisotopic (exact) mass is 273 g/mol. The molecule has 0 saturated heterocycles. The van der Waals surface area contributed by atoms with Crippen LogP contribution < -0.4 is 11.1 Å². The van der Waals surface area contributed by atoms with E-state index in [1.54, 1.807) is 18.2 Å². The number of carbonyl (C=O) groups excluding carboxylic acids is 1. The maximum absolute atomic E-state index is 11.5. The van der Waals surface area contributed by atoms with E-state index in [2.05, 4.69) is 10.3 Å². The van der Waals surface area contributed by atoms with Gasteiger partial charge in [0.2, 0.25) is 0 Å². The molecule has 0 aliphatic rings. The summed E-state index contributed by atoms with van der Waals surface area (Å²) in [6.07, 6.45) is 1.35. The molecule has 6 heteroatoms. The molecule has 0 saturated carbocycles. The van der Waals surface area contributed by atoms with Gasteiger partial charge in [0, 0.05) is 11.6 Å². The van der Waals surface area contributed by atoms with Crippen molar-refractivity contribution in [2.45, 2.75) is 19.4 Å². The molecule has 20 heavy (non-hydrogen) atoms. The largest absolute Gasteiger partial charge is 0.480 e. The molecule has 0 atom stereocenters. The second-order valence-electron chi connectivity index (χ2n) is 4.98. The van der Waals surface area contributed by atoms with Crippen LogP contribution in [0.4, 0.5) is 5.69 Å². The first-order chi connectivity index (χ1) is 9.33.